The zero-order chi connectivity index (χ0) is 17.5. The SMILES string of the molecule is CC(C)(CO)[C@@H](O)C(=O)NCCC(=O)C(=O)Nc1ccccc1. The van der Waals surface area contributed by atoms with Gasteiger partial charge in [-0.3, -0.25) is 14.4 Å². The highest BCUT2D eigenvalue weighted by atomic mass is 16.3. The number of hydrogen-bond donors (Lipinski definition) is 4. The molecule has 1 aromatic rings. The molecular weight excluding hydrogens is 300 g/mol. The molecule has 0 saturated carbocycles. The van der Waals surface area contributed by atoms with Crippen LogP contribution in [0.4, 0.5) is 5.69 Å². The summed E-state index contributed by atoms with van der Waals surface area (Å²) in [6.45, 7) is 2.64. The lowest BCUT2D eigenvalue weighted by molar-refractivity contribution is -0.138. The van der Waals surface area contributed by atoms with Crippen molar-refractivity contribution < 1.29 is 24.6 Å². The molecule has 0 heterocycles. The summed E-state index contributed by atoms with van der Waals surface area (Å²) in [5, 5.41) is 23.7. The van der Waals surface area contributed by atoms with Crippen molar-refractivity contribution in [1.82, 2.24) is 5.32 Å². The summed E-state index contributed by atoms with van der Waals surface area (Å²) in [5.41, 5.74) is -0.478. The largest absolute Gasteiger partial charge is 0.396 e. The number of carbonyl (C=O) groups is 3. The number of Topliss-reactive ketones (excluding diaryl/α,β-unsaturated/α-hetero) is 1. The Bertz CT molecular complexity index is 557. The molecule has 7 nitrogen and oxygen atoms in total. The van der Waals surface area contributed by atoms with Gasteiger partial charge in [-0.25, -0.2) is 0 Å². The minimum atomic E-state index is -1.40. The van der Waals surface area contributed by atoms with E-state index < -0.39 is 29.1 Å². The molecule has 0 aliphatic rings. The molecule has 0 bridgehead atoms. The number of hydrogen-bond acceptors (Lipinski definition) is 5. The number of benzene rings is 1. The van der Waals surface area contributed by atoms with Gasteiger partial charge in [0.2, 0.25) is 11.7 Å². The first-order valence-corrected chi connectivity index (χ1v) is 7.24. The van der Waals surface area contributed by atoms with Crippen molar-refractivity contribution in [2.45, 2.75) is 26.4 Å². The highest BCUT2D eigenvalue weighted by molar-refractivity contribution is 6.40. The summed E-state index contributed by atoms with van der Waals surface area (Å²) in [7, 11) is 0. The Labute approximate surface area is 134 Å². The maximum Gasteiger partial charge on any atom is 0.291 e. The molecule has 23 heavy (non-hydrogen) atoms. The van der Waals surface area contributed by atoms with Crippen LogP contribution in [0.5, 0.6) is 0 Å². The van der Waals surface area contributed by atoms with Crippen LogP contribution < -0.4 is 10.6 Å². The van der Waals surface area contributed by atoms with Gasteiger partial charge in [0.25, 0.3) is 5.91 Å². The number of rotatable bonds is 8. The second-order valence-electron chi connectivity index (χ2n) is 5.83. The van der Waals surface area contributed by atoms with Crippen molar-refractivity contribution in [2.24, 2.45) is 5.41 Å². The molecule has 0 aliphatic heterocycles. The number of carbonyl (C=O) groups excluding carboxylic acids is 3. The lowest BCUT2D eigenvalue weighted by atomic mass is 9.87. The van der Waals surface area contributed by atoms with Crippen LogP contribution >= 0.6 is 0 Å². The number of ketones is 1. The molecule has 0 fully saturated rings. The van der Waals surface area contributed by atoms with Crippen LogP contribution in [0.25, 0.3) is 0 Å². The van der Waals surface area contributed by atoms with Crippen LogP contribution in [-0.2, 0) is 14.4 Å². The van der Waals surface area contributed by atoms with Crippen molar-refractivity contribution in [2.75, 3.05) is 18.5 Å². The van der Waals surface area contributed by atoms with Gasteiger partial charge in [-0.2, -0.15) is 0 Å². The average Bonchev–Trinajstić information content (AvgIpc) is 2.54. The normalized spacial score (nSPS) is 12.3. The first kappa shape index (κ1) is 18.8. The second kappa shape index (κ2) is 8.40. The number of anilines is 1. The molecule has 0 saturated heterocycles. The summed E-state index contributed by atoms with van der Waals surface area (Å²) in [6.07, 6.45) is -1.59. The molecule has 1 rings (SSSR count). The van der Waals surface area contributed by atoms with E-state index in [4.69, 9.17) is 5.11 Å². The molecule has 0 spiro atoms. The second-order valence-corrected chi connectivity index (χ2v) is 5.83. The van der Waals surface area contributed by atoms with Gasteiger partial charge in [0.15, 0.2) is 0 Å². The molecule has 0 radical (unpaired) electrons. The average molecular weight is 322 g/mol. The zero-order valence-corrected chi connectivity index (χ0v) is 13.2. The lowest BCUT2D eigenvalue weighted by Crippen LogP contribution is -2.46. The highest BCUT2D eigenvalue weighted by Crippen LogP contribution is 2.19. The van der Waals surface area contributed by atoms with E-state index in [1.54, 1.807) is 30.3 Å². The fourth-order valence-corrected chi connectivity index (χ4v) is 1.67. The van der Waals surface area contributed by atoms with Crippen LogP contribution in [0.3, 0.4) is 0 Å². The first-order chi connectivity index (χ1) is 10.8. The van der Waals surface area contributed by atoms with Crippen LogP contribution in [0, 0.1) is 5.41 Å². The predicted molar refractivity (Wildman–Crippen MR) is 84.6 cm³/mol. The lowest BCUT2D eigenvalue weighted by Gasteiger charge is -2.27. The molecule has 0 aliphatic carbocycles. The molecule has 7 heteroatoms. The van der Waals surface area contributed by atoms with Gasteiger partial charge in [0, 0.05) is 24.1 Å². The van der Waals surface area contributed by atoms with Crippen LogP contribution in [-0.4, -0.2) is 47.1 Å². The Morgan fingerprint density at radius 3 is 2.35 bits per heavy atom. The third kappa shape index (κ3) is 5.80. The van der Waals surface area contributed by atoms with E-state index in [1.807, 2.05) is 0 Å². The maximum absolute atomic E-state index is 11.7. The summed E-state index contributed by atoms with van der Waals surface area (Å²) < 4.78 is 0. The zero-order valence-electron chi connectivity index (χ0n) is 13.2. The van der Waals surface area contributed by atoms with E-state index in [0.29, 0.717) is 5.69 Å². The van der Waals surface area contributed by atoms with E-state index >= 15 is 0 Å². The Hall–Kier alpha value is -2.25. The third-order valence-electron chi connectivity index (χ3n) is 3.33. The number of nitrogens with one attached hydrogen (secondary N) is 2. The minimum absolute atomic E-state index is 0.0710. The van der Waals surface area contributed by atoms with E-state index in [0.717, 1.165) is 0 Å². The van der Waals surface area contributed by atoms with Gasteiger partial charge < -0.3 is 20.8 Å². The molecule has 126 valence electrons. The number of amides is 2. The van der Waals surface area contributed by atoms with Gasteiger partial charge in [0.05, 0.1) is 6.61 Å². The summed E-state index contributed by atoms with van der Waals surface area (Å²) in [5.74, 6) is -2.13. The monoisotopic (exact) mass is 322 g/mol. The molecule has 0 unspecified atom stereocenters. The van der Waals surface area contributed by atoms with Crippen molar-refractivity contribution in [3.63, 3.8) is 0 Å². The van der Waals surface area contributed by atoms with Crippen LogP contribution in [0.15, 0.2) is 30.3 Å². The molecule has 1 aromatic carbocycles. The highest BCUT2D eigenvalue weighted by Gasteiger charge is 2.32. The maximum atomic E-state index is 11.7. The van der Waals surface area contributed by atoms with Crippen LogP contribution in [0.1, 0.15) is 20.3 Å². The van der Waals surface area contributed by atoms with Crippen molar-refractivity contribution in [3.05, 3.63) is 30.3 Å². The topological polar surface area (TPSA) is 116 Å². The Balaban J connectivity index is 2.39. The fraction of sp³-hybridized carbons (Fsp3) is 0.438. The first-order valence-electron chi connectivity index (χ1n) is 7.24. The van der Waals surface area contributed by atoms with Crippen molar-refractivity contribution in [1.29, 1.82) is 0 Å². The van der Waals surface area contributed by atoms with Crippen molar-refractivity contribution >= 4 is 23.3 Å². The molecule has 0 aromatic heterocycles. The van der Waals surface area contributed by atoms with Gasteiger partial charge in [0.1, 0.15) is 6.10 Å². The number of aliphatic hydroxyl groups is 2. The Morgan fingerprint density at radius 2 is 1.78 bits per heavy atom. The molecule has 4 N–H and O–H groups in total. The smallest absolute Gasteiger partial charge is 0.291 e. The van der Waals surface area contributed by atoms with E-state index in [1.165, 1.54) is 13.8 Å². The van der Waals surface area contributed by atoms with E-state index in [9.17, 15) is 19.5 Å². The summed E-state index contributed by atoms with van der Waals surface area (Å²) in [4.78, 5) is 35.1. The standard InChI is InChI=1S/C16H22N2O5/c1-16(2,10-19)13(21)15(23)17-9-8-12(20)14(22)18-11-6-4-3-5-7-11/h3-7,13,19,21H,8-10H2,1-2H3,(H,17,23)(H,18,22)/t13-/m0/s1. The predicted octanol–water partition coefficient (Wildman–Crippen LogP) is 0.0799. The van der Waals surface area contributed by atoms with E-state index in [2.05, 4.69) is 10.6 Å². The summed E-state index contributed by atoms with van der Waals surface area (Å²) in [6, 6.07) is 8.54. The minimum Gasteiger partial charge on any atom is -0.396 e. The van der Waals surface area contributed by atoms with Crippen LogP contribution in [0.2, 0.25) is 0 Å². The van der Waals surface area contributed by atoms with Gasteiger partial charge in [-0.15, -0.1) is 0 Å². The Morgan fingerprint density at radius 1 is 1.17 bits per heavy atom. The Kier molecular flexibility index (Phi) is 6.87. The third-order valence-corrected chi connectivity index (χ3v) is 3.33. The fourth-order valence-electron chi connectivity index (χ4n) is 1.67. The summed E-state index contributed by atoms with van der Waals surface area (Å²) >= 11 is 0. The van der Waals surface area contributed by atoms with Crippen molar-refractivity contribution in [3.8, 4) is 0 Å². The number of aliphatic hydroxyl groups excluding tert-OH is 2. The molecule has 2 amide bonds. The molecular formula is C16H22N2O5. The van der Waals surface area contributed by atoms with Gasteiger partial charge in [-0.1, -0.05) is 32.0 Å². The van der Waals surface area contributed by atoms with Gasteiger partial charge >= 0.3 is 0 Å². The van der Waals surface area contributed by atoms with Gasteiger partial charge in [-0.05, 0) is 12.1 Å². The quantitative estimate of drug-likeness (QED) is 0.506. The molecule has 1 atom stereocenters. The van der Waals surface area contributed by atoms with E-state index in [-0.39, 0.29) is 19.6 Å². The number of para-hydroxylation sites is 1.